The Morgan fingerprint density at radius 3 is 2.82 bits per heavy atom. The first kappa shape index (κ1) is 18.0. The molecule has 4 rings (SSSR count). The summed E-state index contributed by atoms with van der Waals surface area (Å²) in [6, 6.07) is 3.55. The lowest BCUT2D eigenvalue weighted by atomic mass is 10.1. The molecule has 0 aromatic carbocycles. The van der Waals surface area contributed by atoms with E-state index >= 15 is 0 Å². The molecule has 0 aliphatic rings. The van der Waals surface area contributed by atoms with Gasteiger partial charge in [-0.25, -0.2) is 15.0 Å². The zero-order valence-corrected chi connectivity index (χ0v) is 16.1. The van der Waals surface area contributed by atoms with Gasteiger partial charge in [0.15, 0.2) is 6.61 Å². The zero-order valence-electron chi connectivity index (χ0n) is 15.3. The minimum absolute atomic E-state index is 0.197. The monoisotopic (exact) mass is 395 g/mol. The number of amides is 1. The molecule has 0 saturated heterocycles. The number of primary amides is 1. The smallest absolute Gasteiger partial charge is 0.255 e. The molecule has 3 N–H and O–H groups in total. The van der Waals surface area contributed by atoms with Crippen molar-refractivity contribution >= 4 is 43.5 Å². The van der Waals surface area contributed by atoms with E-state index in [1.54, 1.807) is 18.6 Å². The topological polar surface area (TPSA) is 129 Å². The molecule has 4 aromatic rings. The second-order valence-electron chi connectivity index (χ2n) is 6.21. The SMILES string of the molecule is Cc1nnc2sc3c(NCc4ccc(OCC(N)=O)nc4)ncnc3c2c1C. The predicted octanol–water partition coefficient (Wildman–Crippen LogP) is 2.12. The van der Waals surface area contributed by atoms with Gasteiger partial charge in [-0.15, -0.1) is 16.4 Å². The Kier molecular flexibility index (Phi) is 4.70. The van der Waals surface area contributed by atoms with Gasteiger partial charge < -0.3 is 15.8 Å². The first-order valence-corrected chi connectivity index (χ1v) is 9.31. The van der Waals surface area contributed by atoms with Gasteiger partial charge in [-0.3, -0.25) is 4.79 Å². The fourth-order valence-electron chi connectivity index (χ4n) is 2.74. The first-order valence-electron chi connectivity index (χ1n) is 8.50. The Balaban J connectivity index is 1.57. The number of aryl methyl sites for hydroxylation is 2. The number of ether oxygens (including phenoxy) is 1. The van der Waals surface area contributed by atoms with E-state index in [0.29, 0.717) is 12.4 Å². The van der Waals surface area contributed by atoms with Crippen LogP contribution >= 0.6 is 11.3 Å². The molecule has 9 nitrogen and oxygen atoms in total. The van der Waals surface area contributed by atoms with Crippen molar-refractivity contribution in [2.75, 3.05) is 11.9 Å². The zero-order chi connectivity index (χ0) is 19.7. The fraction of sp³-hybridized carbons (Fsp3) is 0.222. The van der Waals surface area contributed by atoms with Gasteiger partial charge in [-0.05, 0) is 25.0 Å². The molecule has 0 aliphatic carbocycles. The highest BCUT2D eigenvalue weighted by molar-refractivity contribution is 7.25. The van der Waals surface area contributed by atoms with Crippen molar-refractivity contribution in [3.8, 4) is 5.88 Å². The van der Waals surface area contributed by atoms with Crippen LogP contribution in [0.2, 0.25) is 0 Å². The summed E-state index contributed by atoms with van der Waals surface area (Å²) in [4.78, 5) is 24.6. The lowest BCUT2D eigenvalue weighted by Crippen LogP contribution is -2.20. The maximum Gasteiger partial charge on any atom is 0.255 e. The van der Waals surface area contributed by atoms with Gasteiger partial charge in [0.1, 0.15) is 17.0 Å². The molecule has 0 aliphatic heterocycles. The molecule has 0 spiro atoms. The van der Waals surface area contributed by atoms with Crippen molar-refractivity contribution in [3.05, 3.63) is 41.5 Å². The molecule has 142 valence electrons. The van der Waals surface area contributed by atoms with Crippen LogP contribution in [0.1, 0.15) is 16.8 Å². The van der Waals surface area contributed by atoms with E-state index in [1.165, 1.54) is 11.3 Å². The molecule has 4 aromatic heterocycles. The van der Waals surface area contributed by atoms with Crippen LogP contribution in [-0.2, 0) is 11.3 Å². The molecule has 0 bridgehead atoms. The van der Waals surface area contributed by atoms with E-state index in [2.05, 4.69) is 30.5 Å². The van der Waals surface area contributed by atoms with Gasteiger partial charge in [-0.2, -0.15) is 5.10 Å². The van der Waals surface area contributed by atoms with Crippen molar-refractivity contribution in [2.24, 2.45) is 5.73 Å². The van der Waals surface area contributed by atoms with Gasteiger partial charge >= 0.3 is 0 Å². The van der Waals surface area contributed by atoms with Gasteiger partial charge in [0, 0.05) is 24.2 Å². The molecule has 4 heterocycles. The standard InChI is InChI=1S/C18H17N7O2S/c1-9-10(2)24-25-18-14(9)15-16(28-18)17(23-8-22-15)21-6-11-3-4-13(20-5-11)27-7-12(19)26/h3-5,8H,6-7H2,1-2H3,(H2,19,26)(H,21,22,23). The van der Waals surface area contributed by atoms with Gasteiger partial charge in [0.25, 0.3) is 5.91 Å². The summed E-state index contributed by atoms with van der Waals surface area (Å²) < 4.78 is 6.10. The normalized spacial score (nSPS) is 11.1. The van der Waals surface area contributed by atoms with E-state index < -0.39 is 5.91 Å². The third-order valence-electron chi connectivity index (χ3n) is 4.28. The Labute approximate surface area is 164 Å². The highest BCUT2D eigenvalue weighted by atomic mass is 32.1. The van der Waals surface area contributed by atoms with Crippen LogP contribution < -0.4 is 15.8 Å². The molecule has 28 heavy (non-hydrogen) atoms. The van der Waals surface area contributed by atoms with Crippen LogP contribution in [0.15, 0.2) is 24.7 Å². The Bertz CT molecular complexity index is 1170. The van der Waals surface area contributed by atoms with Crippen LogP contribution in [0, 0.1) is 13.8 Å². The summed E-state index contributed by atoms with van der Waals surface area (Å²) in [5.74, 6) is 0.541. The molecule has 0 saturated carbocycles. The summed E-state index contributed by atoms with van der Waals surface area (Å²) in [6.07, 6.45) is 3.22. The maximum atomic E-state index is 10.8. The van der Waals surface area contributed by atoms with Crippen molar-refractivity contribution < 1.29 is 9.53 Å². The number of pyridine rings is 1. The number of nitrogens with two attached hydrogens (primary N) is 1. The Hall–Kier alpha value is -3.40. The molecular weight excluding hydrogens is 378 g/mol. The number of rotatable bonds is 6. The van der Waals surface area contributed by atoms with Crippen LogP contribution in [0.3, 0.4) is 0 Å². The van der Waals surface area contributed by atoms with Crippen molar-refractivity contribution in [1.82, 2.24) is 25.1 Å². The summed E-state index contributed by atoms with van der Waals surface area (Å²) in [5.41, 5.74) is 8.84. The number of hydrogen-bond donors (Lipinski definition) is 2. The van der Waals surface area contributed by atoms with Crippen LogP contribution in [0.4, 0.5) is 5.82 Å². The van der Waals surface area contributed by atoms with E-state index in [9.17, 15) is 4.79 Å². The molecule has 0 unspecified atom stereocenters. The average molecular weight is 395 g/mol. The lowest BCUT2D eigenvalue weighted by molar-refractivity contribution is -0.120. The number of nitrogens with zero attached hydrogens (tertiary/aromatic N) is 5. The highest BCUT2D eigenvalue weighted by Crippen LogP contribution is 2.36. The number of fused-ring (bicyclic) bond motifs is 3. The molecule has 0 fully saturated rings. The number of aromatic nitrogens is 5. The summed E-state index contributed by atoms with van der Waals surface area (Å²) in [5, 5.41) is 12.8. The first-order chi connectivity index (χ1) is 13.5. The molecule has 10 heteroatoms. The van der Waals surface area contributed by atoms with E-state index in [4.69, 9.17) is 10.5 Å². The number of hydrogen-bond acceptors (Lipinski definition) is 9. The fourth-order valence-corrected chi connectivity index (χ4v) is 3.84. The number of carbonyl (C=O) groups excluding carboxylic acids is 1. The third kappa shape index (κ3) is 3.41. The highest BCUT2D eigenvalue weighted by Gasteiger charge is 2.15. The Morgan fingerprint density at radius 2 is 2.07 bits per heavy atom. The van der Waals surface area contributed by atoms with E-state index in [1.807, 2.05) is 19.9 Å². The quantitative estimate of drug-likeness (QED) is 0.508. The van der Waals surface area contributed by atoms with Crippen LogP contribution in [0.25, 0.3) is 20.4 Å². The van der Waals surface area contributed by atoms with Crippen molar-refractivity contribution in [1.29, 1.82) is 0 Å². The Morgan fingerprint density at radius 1 is 1.21 bits per heavy atom. The second kappa shape index (κ2) is 7.31. The second-order valence-corrected chi connectivity index (χ2v) is 7.20. The van der Waals surface area contributed by atoms with E-state index in [0.717, 1.165) is 43.1 Å². The average Bonchev–Trinajstić information content (AvgIpc) is 3.08. The summed E-state index contributed by atoms with van der Waals surface area (Å²) in [6.45, 7) is 4.29. The van der Waals surface area contributed by atoms with Gasteiger partial charge in [-0.1, -0.05) is 6.07 Å². The number of anilines is 1. The molecule has 0 radical (unpaired) electrons. The molecular formula is C18H17N7O2S. The van der Waals surface area contributed by atoms with E-state index in [-0.39, 0.29) is 6.61 Å². The van der Waals surface area contributed by atoms with Gasteiger partial charge in [0.2, 0.25) is 5.88 Å². The molecule has 1 amide bonds. The van der Waals surface area contributed by atoms with Crippen molar-refractivity contribution in [2.45, 2.75) is 20.4 Å². The number of nitrogens with one attached hydrogen (secondary N) is 1. The maximum absolute atomic E-state index is 10.8. The summed E-state index contributed by atoms with van der Waals surface area (Å²) in [7, 11) is 0. The minimum Gasteiger partial charge on any atom is -0.468 e. The summed E-state index contributed by atoms with van der Waals surface area (Å²) >= 11 is 1.52. The largest absolute Gasteiger partial charge is 0.468 e. The number of carbonyl (C=O) groups is 1. The van der Waals surface area contributed by atoms with Gasteiger partial charge in [0.05, 0.1) is 15.9 Å². The predicted molar refractivity (Wildman–Crippen MR) is 106 cm³/mol. The number of thiophene rings is 1. The lowest BCUT2D eigenvalue weighted by Gasteiger charge is -2.07. The van der Waals surface area contributed by atoms with Crippen LogP contribution in [0.5, 0.6) is 5.88 Å². The van der Waals surface area contributed by atoms with Crippen molar-refractivity contribution in [3.63, 3.8) is 0 Å². The molecule has 0 atom stereocenters. The van der Waals surface area contributed by atoms with Crippen LogP contribution in [-0.4, -0.2) is 37.7 Å². The minimum atomic E-state index is -0.543. The third-order valence-corrected chi connectivity index (χ3v) is 5.35.